The van der Waals surface area contributed by atoms with E-state index in [-0.39, 0.29) is 6.09 Å². The van der Waals surface area contributed by atoms with Crippen molar-refractivity contribution in [3.05, 3.63) is 0 Å². The first-order chi connectivity index (χ1) is 9.42. The van der Waals surface area contributed by atoms with Gasteiger partial charge in [0.25, 0.3) is 0 Å². The van der Waals surface area contributed by atoms with Crippen molar-refractivity contribution in [2.24, 2.45) is 0 Å². The van der Waals surface area contributed by atoms with E-state index in [0.29, 0.717) is 0 Å². The van der Waals surface area contributed by atoms with E-state index >= 15 is 0 Å². The number of nitrogens with zero attached hydrogens (tertiary/aromatic N) is 2. The third-order valence-electron chi connectivity index (χ3n) is 3.32. The first kappa shape index (κ1) is 17.4. The molecule has 0 aromatic carbocycles. The summed E-state index contributed by atoms with van der Waals surface area (Å²) in [7, 11) is 0. The Morgan fingerprint density at radius 1 is 1.15 bits per heavy atom. The Hall–Kier alpha value is -0.680. The molecule has 0 bridgehead atoms. The van der Waals surface area contributed by atoms with Crippen molar-refractivity contribution in [2.45, 2.75) is 52.1 Å². The number of piperazine rings is 1. The highest BCUT2D eigenvalue weighted by Crippen LogP contribution is 2.12. The maximum atomic E-state index is 11.9. The molecule has 1 amide bonds. The van der Waals surface area contributed by atoms with Crippen molar-refractivity contribution in [1.82, 2.24) is 9.80 Å². The number of unbranched alkanes of at least 4 members (excludes halogenated alkanes) is 3. The zero-order valence-corrected chi connectivity index (χ0v) is 13.9. The van der Waals surface area contributed by atoms with Gasteiger partial charge in [-0.05, 0) is 51.9 Å². The summed E-state index contributed by atoms with van der Waals surface area (Å²) in [6.45, 7) is 10.3. The van der Waals surface area contributed by atoms with Crippen LogP contribution in [0, 0.1) is 0 Å². The minimum Gasteiger partial charge on any atom is -0.444 e. The number of thiocarbonyl (C=S) groups is 1. The maximum absolute atomic E-state index is 11.9. The zero-order valence-electron chi connectivity index (χ0n) is 13.1. The lowest BCUT2D eigenvalue weighted by Gasteiger charge is -2.35. The molecule has 0 radical (unpaired) electrons. The molecule has 0 aliphatic carbocycles. The van der Waals surface area contributed by atoms with E-state index in [2.05, 4.69) is 4.90 Å². The predicted molar refractivity (Wildman–Crippen MR) is 86.4 cm³/mol. The standard InChI is InChI=1S/C15H28N2O2S/c1-15(2,3)19-14(18)17-11-9-16(10-12-17)8-6-4-5-7-13-20/h13H,4-12H2,1-3H3. The Kier molecular flexibility index (Phi) is 7.45. The second-order valence-electron chi connectivity index (χ2n) is 6.33. The Balaban J connectivity index is 2.16. The molecule has 1 rings (SSSR count). The highest BCUT2D eigenvalue weighted by Gasteiger charge is 2.25. The summed E-state index contributed by atoms with van der Waals surface area (Å²) in [5.41, 5.74) is -0.407. The molecule has 0 N–H and O–H groups in total. The Labute approximate surface area is 128 Å². The van der Waals surface area contributed by atoms with Crippen LogP contribution in [0.25, 0.3) is 0 Å². The summed E-state index contributed by atoms with van der Waals surface area (Å²) in [6.07, 6.45) is 4.51. The summed E-state index contributed by atoms with van der Waals surface area (Å²) in [4.78, 5) is 16.2. The zero-order chi connectivity index (χ0) is 15.0. The summed E-state index contributed by atoms with van der Waals surface area (Å²) in [6, 6.07) is 0. The maximum Gasteiger partial charge on any atom is 0.410 e. The van der Waals surface area contributed by atoms with Gasteiger partial charge in [0.2, 0.25) is 0 Å². The Bertz CT molecular complexity index is 307. The number of hydrogen-bond donors (Lipinski definition) is 0. The van der Waals surface area contributed by atoms with E-state index in [9.17, 15) is 4.79 Å². The van der Waals surface area contributed by atoms with Gasteiger partial charge in [0, 0.05) is 26.2 Å². The van der Waals surface area contributed by atoms with Gasteiger partial charge < -0.3 is 9.64 Å². The van der Waals surface area contributed by atoms with Crippen molar-refractivity contribution < 1.29 is 9.53 Å². The minimum absolute atomic E-state index is 0.182. The van der Waals surface area contributed by atoms with Crippen molar-refractivity contribution in [2.75, 3.05) is 32.7 Å². The van der Waals surface area contributed by atoms with Crippen LogP contribution in [0.15, 0.2) is 0 Å². The van der Waals surface area contributed by atoms with E-state index in [1.807, 2.05) is 31.0 Å². The lowest BCUT2D eigenvalue weighted by molar-refractivity contribution is 0.0144. The SMILES string of the molecule is CC(C)(C)OC(=O)N1CCN(CCCCCC=S)CC1. The van der Waals surface area contributed by atoms with E-state index in [1.165, 1.54) is 19.3 Å². The smallest absolute Gasteiger partial charge is 0.410 e. The molecule has 0 saturated carbocycles. The average molecular weight is 300 g/mol. The molecule has 0 aromatic rings. The number of rotatable bonds is 6. The monoisotopic (exact) mass is 300 g/mol. The van der Waals surface area contributed by atoms with Gasteiger partial charge in [0.15, 0.2) is 0 Å². The van der Waals surface area contributed by atoms with E-state index in [0.717, 1.165) is 39.1 Å². The second kappa shape index (κ2) is 8.57. The van der Waals surface area contributed by atoms with Gasteiger partial charge in [-0.15, -0.1) is 0 Å². The quantitative estimate of drug-likeness (QED) is 0.557. The highest BCUT2D eigenvalue weighted by molar-refractivity contribution is 7.78. The molecule has 4 nitrogen and oxygen atoms in total. The molecular formula is C15H28N2O2S. The molecule has 5 heteroatoms. The van der Waals surface area contributed by atoms with Gasteiger partial charge in [0.1, 0.15) is 5.60 Å². The van der Waals surface area contributed by atoms with Crippen LogP contribution in [0.3, 0.4) is 0 Å². The van der Waals surface area contributed by atoms with Crippen molar-refractivity contribution in [1.29, 1.82) is 0 Å². The summed E-state index contributed by atoms with van der Waals surface area (Å²) in [5.74, 6) is 0. The first-order valence-electron chi connectivity index (χ1n) is 7.56. The number of amides is 1. The van der Waals surface area contributed by atoms with Crippen molar-refractivity contribution in [3.8, 4) is 0 Å². The summed E-state index contributed by atoms with van der Waals surface area (Å²) >= 11 is 4.82. The van der Waals surface area contributed by atoms with Crippen LogP contribution in [-0.2, 0) is 4.74 Å². The molecule has 0 unspecified atom stereocenters. The molecular weight excluding hydrogens is 272 g/mol. The lowest BCUT2D eigenvalue weighted by Crippen LogP contribution is -2.50. The summed E-state index contributed by atoms with van der Waals surface area (Å²) in [5, 5.41) is 1.82. The molecule has 20 heavy (non-hydrogen) atoms. The van der Waals surface area contributed by atoms with Gasteiger partial charge in [-0.1, -0.05) is 18.6 Å². The molecule has 0 spiro atoms. The van der Waals surface area contributed by atoms with E-state index in [1.54, 1.807) is 0 Å². The normalized spacial score (nSPS) is 17.1. The van der Waals surface area contributed by atoms with Gasteiger partial charge in [-0.25, -0.2) is 4.79 Å². The van der Waals surface area contributed by atoms with Crippen molar-refractivity contribution in [3.63, 3.8) is 0 Å². The first-order valence-corrected chi connectivity index (χ1v) is 8.03. The third-order valence-corrected chi connectivity index (χ3v) is 3.56. The van der Waals surface area contributed by atoms with Gasteiger partial charge in [-0.3, -0.25) is 4.90 Å². The summed E-state index contributed by atoms with van der Waals surface area (Å²) < 4.78 is 5.39. The van der Waals surface area contributed by atoms with Gasteiger partial charge in [-0.2, -0.15) is 0 Å². The Morgan fingerprint density at radius 3 is 2.35 bits per heavy atom. The highest BCUT2D eigenvalue weighted by atomic mass is 32.1. The van der Waals surface area contributed by atoms with Crippen LogP contribution in [0.1, 0.15) is 46.5 Å². The molecule has 1 saturated heterocycles. The fourth-order valence-corrected chi connectivity index (χ4v) is 2.39. The number of carbonyl (C=O) groups is 1. The van der Waals surface area contributed by atoms with Gasteiger partial charge in [0.05, 0.1) is 0 Å². The number of ether oxygens (including phenoxy) is 1. The van der Waals surface area contributed by atoms with Crippen LogP contribution < -0.4 is 0 Å². The van der Waals surface area contributed by atoms with Gasteiger partial charge >= 0.3 is 6.09 Å². The van der Waals surface area contributed by atoms with Crippen molar-refractivity contribution >= 4 is 23.7 Å². The fraction of sp³-hybridized carbons (Fsp3) is 0.867. The minimum atomic E-state index is -0.407. The number of carbonyl (C=O) groups excluding carboxylic acids is 1. The largest absolute Gasteiger partial charge is 0.444 e. The van der Waals surface area contributed by atoms with E-state index < -0.39 is 5.60 Å². The molecule has 1 heterocycles. The van der Waals surface area contributed by atoms with Crippen LogP contribution in [-0.4, -0.2) is 59.6 Å². The van der Waals surface area contributed by atoms with Crippen LogP contribution >= 0.6 is 12.2 Å². The molecule has 1 aliphatic heterocycles. The predicted octanol–water partition coefficient (Wildman–Crippen LogP) is 3.10. The topological polar surface area (TPSA) is 32.8 Å². The fourth-order valence-electron chi connectivity index (χ4n) is 2.22. The molecule has 0 atom stereocenters. The lowest BCUT2D eigenvalue weighted by atomic mass is 10.2. The molecule has 1 fully saturated rings. The molecule has 1 aliphatic rings. The Morgan fingerprint density at radius 2 is 1.80 bits per heavy atom. The van der Waals surface area contributed by atoms with E-state index in [4.69, 9.17) is 17.0 Å². The van der Waals surface area contributed by atoms with Crippen LogP contribution in [0.2, 0.25) is 0 Å². The number of hydrogen-bond acceptors (Lipinski definition) is 4. The van der Waals surface area contributed by atoms with Crippen LogP contribution in [0.5, 0.6) is 0 Å². The second-order valence-corrected chi connectivity index (χ2v) is 6.66. The molecule has 116 valence electrons. The molecule has 0 aromatic heterocycles. The third kappa shape index (κ3) is 7.20. The average Bonchev–Trinajstić information content (AvgIpc) is 2.37. The van der Waals surface area contributed by atoms with Crippen LogP contribution in [0.4, 0.5) is 4.79 Å².